The molecule has 0 unspecified atom stereocenters. The van der Waals surface area contributed by atoms with E-state index in [9.17, 15) is 9.59 Å². The van der Waals surface area contributed by atoms with Crippen LogP contribution in [-0.2, 0) is 4.79 Å². The fourth-order valence-corrected chi connectivity index (χ4v) is 4.28. The van der Waals surface area contributed by atoms with Crippen LogP contribution in [0.4, 0.5) is 4.79 Å². The number of rotatable bonds is 3. The van der Waals surface area contributed by atoms with Crippen LogP contribution in [0.2, 0.25) is 0 Å². The summed E-state index contributed by atoms with van der Waals surface area (Å²) in [5.41, 5.74) is 1.55. The Bertz CT molecular complexity index is 913. The quantitative estimate of drug-likeness (QED) is 0.778. The molecule has 2 heterocycles. The summed E-state index contributed by atoms with van der Waals surface area (Å²) in [6.07, 6.45) is 1.78. The lowest BCUT2D eigenvalue weighted by Gasteiger charge is -2.34. The molecule has 0 spiro atoms. The van der Waals surface area contributed by atoms with E-state index in [-0.39, 0.29) is 23.4 Å². The van der Waals surface area contributed by atoms with Gasteiger partial charge in [0.1, 0.15) is 11.5 Å². The summed E-state index contributed by atoms with van der Waals surface area (Å²) in [6.45, 7) is 8.01. The number of nitrogens with zero attached hydrogens (tertiary/aromatic N) is 1. The van der Waals surface area contributed by atoms with Gasteiger partial charge in [-0.1, -0.05) is 36.4 Å². The summed E-state index contributed by atoms with van der Waals surface area (Å²) in [4.78, 5) is 27.5. The standard InChI is InChI=1S/C25H31N3O3/c1-25(2,3)27-24(30)28-14-12-17(13-15-28)16-26-23(29)22-18-8-4-6-10-20(18)31-21-11-7-5-9-19(21)22/h4-11,17,22H,12-16H2,1-3H3,(H,26,29)(H,27,30). The predicted octanol–water partition coefficient (Wildman–Crippen LogP) is 4.26. The average molecular weight is 422 g/mol. The SMILES string of the molecule is CC(C)(C)NC(=O)N1CCC(CNC(=O)C2c3ccccc3Oc3ccccc32)CC1. The van der Waals surface area contributed by atoms with Crippen molar-refractivity contribution in [1.82, 2.24) is 15.5 Å². The molecule has 3 amide bonds. The number of hydrogen-bond acceptors (Lipinski definition) is 3. The molecule has 2 aromatic rings. The Labute approximate surface area is 184 Å². The number of ether oxygens (including phenoxy) is 1. The topological polar surface area (TPSA) is 70.7 Å². The summed E-state index contributed by atoms with van der Waals surface area (Å²) in [5.74, 6) is 1.46. The lowest BCUT2D eigenvalue weighted by Crippen LogP contribution is -2.51. The molecule has 0 aliphatic carbocycles. The molecular formula is C25H31N3O3. The third-order valence-electron chi connectivity index (χ3n) is 5.89. The van der Waals surface area contributed by atoms with Gasteiger partial charge in [0, 0.05) is 36.3 Å². The van der Waals surface area contributed by atoms with E-state index in [2.05, 4.69) is 10.6 Å². The molecule has 6 heteroatoms. The molecule has 0 saturated carbocycles. The second kappa shape index (κ2) is 8.61. The Kier molecular flexibility index (Phi) is 5.90. The van der Waals surface area contributed by atoms with Crippen molar-refractivity contribution in [2.24, 2.45) is 5.92 Å². The fourth-order valence-electron chi connectivity index (χ4n) is 4.28. The summed E-state index contributed by atoms with van der Waals surface area (Å²) in [5, 5.41) is 6.19. The first-order chi connectivity index (χ1) is 14.8. The molecule has 0 aromatic heterocycles. The van der Waals surface area contributed by atoms with Crippen molar-refractivity contribution in [2.45, 2.75) is 45.1 Å². The molecule has 0 radical (unpaired) electrons. The van der Waals surface area contributed by atoms with Crippen LogP contribution >= 0.6 is 0 Å². The molecule has 0 atom stereocenters. The van der Waals surface area contributed by atoms with Crippen molar-refractivity contribution in [3.05, 3.63) is 59.7 Å². The number of benzene rings is 2. The highest BCUT2D eigenvalue weighted by molar-refractivity contribution is 5.89. The lowest BCUT2D eigenvalue weighted by atomic mass is 9.87. The van der Waals surface area contributed by atoms with Crippen LogP contribution < -0.4 is 15.4 Å². The van der Waals surface area contributed by atoms with Crippen LogP contribution in [0.25, 0.3) is 0 Å². The minimum Gasteiger partial charge on any atom is -0.457 e. The maximum Gasteiger partial charge on any atom is 0.317 e. The normalized spacial score (nSPS) is 16.7. The Morgan fingerprint density at radius 1 is 0.968 bits per heavy atom. The number of likely N-dealkylation sites (tertiary alicyclic amines) is 1. The molecule has 164 valence electrons. The molecule has 0 bridgehead atoms. The van der Waals surface area contributed by atoms with Crippen molar-refractivity contribution < 1.29 is 14.3 Å². The second-order valence-electron chi connectivity index (χ2n) is 9.47. The van der Waals surface area contributed by atoms with Crippen molar-refractivity contribution >= 4 is 11.9 Å². The van der Waals surface area contributed by atoms with E-state index in [1.807, 2.05) is 74.2 Å². The van der Waals surface area contributed by atoms with Crippen LogP contribution in [-0.4, -0.2) is 42.0 Å². The molecule has 2 aliphatic heterocycles. The summed E-state index contributed by atoms with van der Waals surface area (Å²) in [7, 11) is 0. The van der Waals surface area contributed by atoms with E-state index < -0.39 is 0 Å². The molecule has 2 N–H and O–H groups in total. The summed E-state index contributed by atoms with van der Waals surface area (Å²) in [6, 6.07) is 15.4. The number of hydrogen-bond donors (Lipinski definition) is 2. The Morgan fingerprint density at radius 3 is 2.06 bits per heavy atom. The van der Waals surface area contributed by atoms with E-state index in [4.69, 9.17) is 4.74 Å². The van der Waals surface area contributed by atoms with Crippen LogP contribution in [0, 0.1) is 5.92 Å². The van der Waals surface area contributed by atoms with Crippen LogP contribution in [0.15, 0.2) is 48.5 Å². The maximum absolute atomic E-state index is 13.3. The number of nitrogens with one attached hydrogen (secondary N) is 2. The molecule has 6 nitrogen and oxygen atoms in total. The second-order valence-corrected chi connectivity index (χ2v) is 9.47. The van der Waals surface area contributed by atoms with Gasteiger partial charge in [0.05, 0.1) is 5.92 Å². The monoisotopic (exact) mass is 421 g/mol. The largest absolute Gasteiger partial charge is 0.457 e. The third-order valence-corrected chi connectivity index (χ3v) is 5.89. The van der Waals surface area contributed by atoms with Crippen molar-refractivity contribution in [3.8, 4) is 11.5 Å². The van der Waals surface area contributed by atoms with Crippen molar-refractivity contribution in [1.29, 1.82) is 0 Å². The van der Waals surface area contributed by atoms with Gasteiger partial charge < -0.3 is 20.3 Å². The predicted molar refractivity (Wildman–Crippen MR) is 120 cm³/mol. The van der Waals surface area contributed by atoms with Crippen molar-refractivity contribution in [2.75, 3.05) is 19.6 Å². The van der Waals surface area contributed by atoms with Gasteiger partial charge in [-0.15, -0.1) is 0 Å². The third kappa shape index (κ3) is 4.84. The number of piperidine rings is 1. The number of amides is 3. The summed E-state index contributed by atoms with van der Waals surface area (Å²) >= 11 is 0. The average Bonchev–Trinajstić information content (AvgIpc) is 2.75. The minimum absolute atomic E-state index is 0.00361. The summed E-state index contributed by atoms with van der Waals surface area (Å²) < 4.78 is 6.00. The first kappa shape index (κ1) is 21.2. The van der Waals surface area contributed by atoms with E-state index in [1.54, 1.807) is 0 Å². The fraction of sp³-hybridized carbons (Fsp3) is 0.440. The van der Waals surface area contributed by atoms with E-state index in [1.165, 1.54) is 0 Å². The van der Waals surface area contributed by atoms with E-state index in [0.29, 0.717) is 25.6 Å². The van der Waals surface area contributed by atoms with Gasteiger partial charge in [-0.05, 0) is 51.7 Å². The van der Waals surface area contributed by atoms with Gasteiger partial charge in [-0.2, -0.15) is 0 Å². The van der Waals surface area contributed by atoms with Crippen LogP contribution in [0.1, 0.15) is 50.7 Å². The number of para-hydroxylation sites is 2. The molecule has 31 heavy (non-hydrogen) atoms. The molecule has 2 aliphatic rings. The van der Waals surface area contributed by atoms with Crippen LogP contribution in [0.5, 0.6) is 11.5 Å². The van der Waals surface area contributed by atoms with Crippen LogP contribution in [0.3, 0.4) is 0 Å². The van der Waals surface area contributed by atoms with Crippen molar-refractivity contribution in [3.63, 3.8) is 0 Å². The Balaban J connectivity index is 1.37. The highest BCUT2D eigenvalue weighted by Gasteiger charge is 2.33. The molecule has 1 fully saturated rings. The van der Waals surface area contributed by atoms with Gasteiger partial charge in [-0.25, -0.2) is 4.79 Å². The van der Waals surface area contributed by atoms with E-state index in [0.717, 1.165) is 35.5 Å². The number of urea groups is 1. The van der Waals surface area contributed by atoms with Gasteiger partial charge >= 0.3 is 6.03 Å². The zero-order valence-corrected chi connectivity index (χ0v) is 18.5. The number of fused-ring (bicyclic) bond motifs is 2. The number of carbonyl (C=O) groups is 2. The van der Waals surface area contributed by atoms with E-state index >= 15 is 0 Å². The first-order valence-corrected chi connectivity index (χ1v) is 11.0. The number of carbonyl (C=O) groups excluding carboxylic acids is 2. The zero-order chi connectivity index (χ0) is 22.0. The zero-order valence-electron chi connectivity index (χ0n) is 18.5. The Morgan fingerprint density at radius 2 is 1.52 bits per heavy atom. The Hall–Kier alpha value is -3.02. The smallest absolute Gasteiger partial charge is 0.317 e. The lowest BCUT2D eigenvalue weighted by molar-refractivity contribution is -0.122. The maximum atomic E-state index is 13.3. The van der Waals surface area contributed by atoms with Gasteiger partial charge in [0.2, 0.25) is 5.91 Å². The first-order valence-electron chi connectivity index (χ1n) is 11.0. The highest BCUT2D eigenvalue weighted by Crippen LogP contribution is 2.43. The molecule has 2 aromatic carbocycles. The molecule has 1 saturated heterocycles. The molecular weight excluding hydrogens is 390 g/mol. The van der Waals surface area contributed by atoms with Gasteiger partial charge in [-0.3, -0.25) is 4.79 Å². The van der Waals surface area contributed by atoms with Gasteiger partial charge in [0.15, 0.2) is 0 Å². The highest BCUT2D eigenvalue weighted by atomic mass is 16.5. The van der Waals surface area contributed by atoms with Gasteiger partial charge in [0.25, 0.3) is 0 Å². The molecule has 4 rings (SSSR count). The minimum atomic E-state index is -0.376.